The number of aromatic nitrogens is 4. The molecule has 0 unspecified atom stereocenters. The molecule has 4 aromatic rings. The van der Waals surface area contributed by atoms with Crippen molar-refractivity contribution < 1.29 is 19.2 Å². The van der Waals surface area contributed by atoms with E-state index in [1.807, 2.05) is 0 Å². The summed E-state index contributed by atoms with van der Waals surface area (Å²) in [6, 6.07) is 9.70. The molecule has 4 N–H and O–H groups in total. The number of carbonyl (C=O) groups excluding carboxylic acids is 1. The quantitative estimate of drug-likeness (QED) is 0.136. The van der Waals surface area contributed by atoms with E-state index in [1.165, 1.54) is 37.4 Å². The highest BCUT2D eigenvalue weighted by molar-refractivity contribution is 5.91. The molecule has 2 aromatic heterocycles. The van der Waals surface area contributed by atoms with Gasteiger partial charge in [-0.2, -0.15) is 0 Å². The van der Waals surface area contributed by atoms with Crippen molar-refractivity contribution in [3.8, 4) is 11.5 Å². The number of aromatic amines is 4. The minimum absolute atomic E-state index is 0.0951. The van der Waals surface area contributed by atoms with E-state index in [9.17, 15) is 24.5 Å². The Morgan fingerprint density at radius 3 is 1.91 bits per heavy atom. The van der Waals surface area contributed by atoms with Gasteiger partial charge >= 0.3 is 5.97 Å². The molecule has 0 saturated carbocycles. The molecule has 0 fully saturated rings. The number of benzene rings is 2. The summed E-state index contributed by atoms with van der Waals surface area (Å²) in [4.78, 5) is 48.1. The molecule has 0 amide bonds. The highest BCUT2D eigenvalue weighted by atomic mass is 16.6. The third-order valence-electron chi connectivity index (χ3n) is 5.64. The normalized spacial score (nSPS) is 11.0. The topological polar surface area (TPSA) is 176 Å². The summed E-state index contributed by atoms with van der Waals surface area (Å²) in [5.41, 5.74) is 1.61. The van der Waals surface area contributed by atoms with Crippen LogP contribution in [0.3, 0.4) is 0 Å². The third-order valence-corrected chi connectivity index (χ3v) is 5.64. The predicted molar refractivity (Wildman–Crippen MR) is 124 cm³/mol. The number of methoxy groups -OCH3 is 1. The van der Waals surface area contributed by atoms with Crippen molar-refractivity contribution in [2.24, 2.45) is 0 Å². The SMILES string of the molecule is COc1cc(C(c2c(C)[nH][nH]c2=O)c2c(C)[nH][nH]c2=O)ccc1OC(=O)c1ccc([N+](=O)[O-])cc1. The van der Waals surface area contributed by atoms with Crippen LogP contribution in [0.15, 0.2) is 52.1 Å². The van der Waals surface area contributed by atoms with Crippen molar-refractivity contribution >= 4 is 11.7 Å². The Morgan fingerprint density at radius 2 is 1.46 bits per heavy atom. The van der Waals surface area contributed by atoms with Crippen molar-refractivity contribution in [3.63, 3.8) is 0 Å². The van der Waals surface area contributed by atoms with Gasteiger partial charge in [0.05, 0.1) is 28.7 Å². The van der Waals surface area contributed by atoms with E-state index >= 15 is 0 Å². The van der Waals surface area contributed by atoms with Gasteiger partial charge in [-0.05, 0) is 43.7 Å². The summed E-state index contributed by atoms with van der Waals surface area (Å²) < 4.78 is 10.9. The number of H-pyrrole nitrogens is 4. The molecular formula is C23H21N5O7. The molecule has 0 radical (unpaired) electrons. The zero-order valence-corrected chi connectivity index (χ0v) is 18.9. The highest BCUT2D eigenvalue weighted by Crippen LogP contribution is 2.37. The van der Waals surface area contributed by atoms with Gasteiger partial charge in [-0.3, -0.25) is 29.9 Å². The van der Waals surface area contributed by atoms with Crippen molar-refractivity contribution in [3.05, 3.63) is 107 Å². The summed E-state index contributed by atoms with van der Waals surface area (Å²) in [7, 11) is 1.39. The summed E-state index contributed by atoms with van der Waals surface area (Å²) in [5.74, 6) is -1.19. The van der Waals surface area contributed by atoms with E-state index in [2.05, 4.69) is 20.4 Å². The Bertz CT molecular complexity index is 1470. The monoisotopic (exact) mass is 479 g/mol. The van der Waals surface area contributed by atoms with Crippen molar-refractivity contribution in [1.82, 2.24) is 20.4 Å². The number of carbonyl (C=O) groups is 1. The van der Waals surface area contributed by atoms with Crippen LogP contribution in [0.4, 0.5) is 5.69 Å². The molecule has 0 spiro atoms. The standard InChI is InChI=1S/C23H21N5O7/c1-11-18(21(29)26-24-11)20(19-12(2)25-27-22(19)30)14-6-9-16(17(10-14)34-3)35-23(31)13-4-7-15(8-5-13)28(32)33/h4-10,20H,1-3H3,(H2,24,26,29)(H2,25,27,30). The maximum atomic E-state index is 12.6. The second-order valence-corrected chi connectivity index (χ2v) is 7.77. The lowest BCUT2D eigenvalue weighted by molar-refractivity contribution is -0.384. The van der Waals surface area contributed by atoms with Crippen LogP contribution in [0.25, 0.3) is 0 Å². The molecule has 0 atom stereocenters. The van der Waals surface area contributed by atoms with Crippen LogP contribution >= 0.6 is 0 Å². The summed E-state index contributed by atoms with van der Waals surface area (Å²) in [5, 5.41) is 21.5. The number of nitro benzene ring substituents is 1. The molecule has 0 aliphatic heterocycles. The average Bonchev–Trinajstić information content (AvgIpc) is 3.35. The number of hydrogen-bond acceptors (Lipinski definition) is 7. The zero-order chi connectivity index (χ0) is 25.3. The number of non-ortho nitro benzene ring substituents is 1. The van der Waals surface area contributed by atoms with Gasteiger partial charge in [-0.1, -0.05) is 6.07 Å². The van der Waals surface area contributed by atoms with Crippen molar-refractivity contribution in [1.29, 1.82) is 0 Å². The van der Waals surface area contributed by atoms with E-state index in [0.29, 0.717) is 28.1 Å². The maximum Gasteiger partial charge on any atom is 0.343 e. The summed E-state index contributed by atoms with van der Waals surface area (Å²) in [6.07, 6.45) is 0. The lowest BCUT2D eigenvalue weighted by Crippen LogP contribution is -2.20. The third kappa shape index (κ3) is 4.36. The average molecular weight is 479 g/mol. The number of hydrogen-bond donors (Lipinski definition) is 4. The second-order valence-electron chi connectivity index (χ2n) is 7.77. The van der Waals surface area contributed by atoms with E-state index in [4.69, 9.17) is 9.47 Å². The number of esters is 1. The largest absolute Gasteiger partial charge is 0.493 e. The van der Waals surface area contributed by atoms with Gasteiger partial charge in [0, 0.05) is 29.4 Å². The van der Waals surface area contributed by atoms with Crippen LogP contribution in [-0.2, 0) is 0 Å². The number of ether oxygens (including phenoxy) is 2. The highest BCUT2D eigenvalue weighted by Gasteiger charge is 2.29. The Labute approximate surface area is 197 Å². The summed E-state index contributed by atoms with van der Waals surface area (Å²) in [6.45, 7) is 3.43. The van der Waals surface area contributed by atoms with E-state index in [0.717, 1.165) is 0 Å². The minimum Gasteiger partial charge on any atom is -0.493 e. The molecule has 12 heteroatoms. The Balaban J connectivity index is 1.74. The molecule has 0 bridgehead atoms. The van der Waals surface area contributed by atoms with E-state index < -0.39 is 16.8 Å². The van der Waals surface area contributed by atoms with Gasteiger partial charge in [-0.25, -0.2) is 4.79 Å². The molecule has 180 valence electrons. The first-order valence-corrected chi connectivity index (χ1v) is 10.4. The van der Waals surface area contributed by atoms with Crippen LogP contribution < -0.4 is 20.6 Å². The zero-order valence-electron chi connectivity index (χ0n) is 18.9. The van der Waals surface area contributed by atoms with E-state index in [1.54, 1.807) is 26.0 Å². The van der Waals surface area contributed by atoms with E-state index in [-0.39, 0.29) is 33.9 Å². The molecule has 0 aliphatic carbocycles. The smallest absolute Gasteiger partial charge is 0.343 e. The number of nitrogens with zero attached hydrogens (tertiary/aromatic N) is 1. The lowest BCUT2D eigenvalue weighted by Gasteiger charge is -2.18. The lowest BCUT2D eigenvalue weighted by atomic mass is 9.85. The van der Waals surface area contributed by atoms with Crippen LogP contribution in [-0.4, -0.2) is 38.4 Å². The van der Waals surface area contributed by atoms with Crippen LogP contribution in [0.1, 0.15) is 44.4 Å². The number of nitrogens with one attached hydrogen (secondary N) is 4. The van der Waals surface area contributed by atoms with Crippen molar-refractivity contribution in [2.45, 2.75) is 19.8 Å². The maximum absolute atomic E-state index is 12.6. The van der Waals surface area contributed by atoms with Crippen LogP contribution in [0.5, 0.6) is 11.5 Å². The fourth-order valence-electron chi connectivity index (χ4n) is 3.91. The minimum atomic E-state index is -0.742. The van der Waals surface area contributed by atoms with Gasteiger partial charge in [-0.15, -0.1) is 0 Å². The molecule has 35 heavy (non-hydrogen) atoms. The molecule has 2 heterocycles. The molecule has 12 nitrogen and oxygen atoms in total. The van der Waals surface area contributed by atoms with Gasteiger partial charge in [0.2, 0.25) is 0 Å². The number of aryl methyl sites for hydroxylation is 2. The number of nitro groups is 1. The first kappa shape index (κ1) is 23.3. The van der Waals surface area contributed by atoms with Crippen LogP contribution in [0.2, 0.25) is 0 Å². The summed E-state index contributed by atoms with van der Waals surface area (Å²) >= 11 is 0. The van der Waals surface area contributed by atoms with Gasteiger partial charge < -0.3 is 19.7 Å². The first-order valence-electron chi connectivity index (χ1n) is 10.4. The molecule has 4 rings (SSSR count). The molecule has 2 aromatic carbocycles. The second kappa shape index (κ2) is 9.17. The number of rotatable bonds is 7. The molecular weight excluding hydrogens is 458 g/mol. The van der Waals surface area contributed by atoms with Gasteiger partial charge in [0.1, 0.15) is 0 Å². The Kier molecular flexibility index (Phi) is 6.10. The molecule has 0 aliphatic rings. The van der Waals surface area contributed by atoms with Gasteiger partial charge in [0.25, 0.3) is 16.8 Å². The fraction of sp³-hybridized carbons (Fsp3) is 0.174. The Morgan fingerprint density at radius 1 is 0.886 bits per heavy atom. The first-order chi connectivity index (χ1) is 16.7. The Hall–Kier alpha value is -4.87. The molecule has 0 saturated heterocycles. The fourth-order valence-corrected chi connectivity index (χ4v) is 3.91. The predicted octanol–water partition coefficient (Wildman–Crippen LogP) is 2.65. The van der Waals surface area contributed by atoms with Crippen LogP contribution in [0, 0.1) is 24.0 Å². The van der Waals surface area contributed by atoms with Gasteiger partial charge in [0.15, 0.2) is 11.5 Å². The van der Waals surface area contributed by atoms with Crippen molar-refractivity contribution in [2.75, 3.05) is 7.11 Å².